The van der Waals surface area contributed by atoms with Crippen LogP contribution in [0.4, 0.5) is 4.79 Å². The first-order valence-corrected chi connectivity index (χ1v) is 14.1. The summed E-state index contributed by atoms with van der Waals surface area (Å²) in [6.07, 6.45) is 2.27. The van der Waals surface area contributed by atoms with Crippen molar-refractivity contribution in [1.29, 1.82) is 0 Å². The Labute approximate surface area is 249 Å². The molecular formula is C34H31N5O4. The van der Waals surface area contributed by atoms with Gasteiger partial charge >= 0.3 is 6.03 Å². The van der Waals surface area contributed by atoms with Gasteiger partial charge in [0.15, 0.2) is 0 Å². The predicted octanol–water partition coefficient (Wildman–Crippen LogP) is 4.77. The van der Waals surface area contributed by atoms with Gasteiger partial charge in [0.1, 0.15) is 17.5 Å². The summed E-state index contributed by atoms with van der Waals surface area (Å²) in [6.45, 7) is 0.479. The Hall–Kier alpha value is -5.44. The van der Waals surface area contributed by atoms with Crippen molar-refractivity contribution in [3.8, 4) is 11.5 Å². The Bertz CT molecular complexity index is 1660. The van der Waals surface area contributed by atoms with E-state index in [1.165, 1.54) is 4.90 Å². The molecule has 4 aromatic rings. The predicted molar refractivity (Wildman–Crippen MR) is 161 cm³/mol. The third kappa shape index (κ3) is 5.83. The van der Waals surface area contributed by atoms with E-state index in [0.717, 1.165) is 5.69 Å². The minimum Gasteiger partial charge on any atom is -0.457 e. The van der Waals surface area contributed by atoms with Crippen LogP contribution in [0.15, 0.2) is 121 Å². The molecular weight excluding hydrogens is 542 g/mol. The Morgan fingerprint density at radius 2 is 1.67 bits per heavy atom. The van der Waals surface area contributed by atoms with Crippen molar-refractivity contribution in [3.05, 3.63) is 137 Å². The number of hydrogen-bond acceptors (Lipinski definition) is 5. The van der Waals surface area contributed by atoms with E-state index in [1.54, 1.807) is 18.1 Å². The molecule has 3 aromatic carbocycles. The smallest absolute Gasteiger partial charge is 0.322 e. The lowest BCUT2D eigenvalue weighted by atomic mass is 9.95. The molecule has 216 valence electrons. The minimum absolute atomic E-state index is 0.113. The molecule has 1 aromatic heterocycles. The van der Waals surface area contributed by atoms with Gasteiger partial charge in [-0.3, -0.25) is 19.5 Å². The van der Waals surface area contributed by atoms with Crippen LogP contribution in [0.5, 0.6) is 11.5 Å². The van der Waals surface area contributed by atoms with Crippen molar-refractivity contribution in [2.75, 3.05) is 20.1 Å². The zero-order valence-electron chi connectivity index (χ0n) is 23.6. The molecule has 2 atom stereocenters. The first-order valence-electron chi connectivity index (χ1n) is 14.1. The highest BCUT2D eigenvalue weighted by Gasteiger charge is 2.46. The molecule has 0 aliphatic carbocycles. The number of ether oxygens (including phenoxy) is 1. The van der Waals surface area contributed by atoms with Gasteiger partial charge in [-0.2, -0.15) is 0 Å². The third-order valence-corrected chi connectivity index (χ3v) is 7.64. The summed E-state index contributed by atoms with van der Waals surface area (Å²) in [5.74, 6) is 0.646. The van der Waals surface area contributed by atoms with Crippen LogP contribution in [-0.4, -0.2) is 52.8 Å². The molecule has 0 unspecified atom stereocenters. The van der Waals surface area contributed by atoms with Crippen molar-refractivity contribution in [3.63, 3.8) is 0 Å². The fourth-order valence-corrected chi connectivity index (χ4v) is 5.49. The van der Waals surface area contributed by atoms with Crippen LogP contribution in [0, 0.1) is 0 Å². The number of carbonyl (C=O) groups excluding carboxylic acids is 3. The third-order valence-electron chi connectivity index (χ3n) is 7.64. The molecule has 9 nitrogen and oxygen atoms in total. The maximum absolute atomic E-state index is 14.2. The molecule has 2 aliphatic heterocycles. The molecule has 0 radical (unpaired) electrons. The molecule has 0 saturated carbocycles. The average Bonchev–Trinajstić information content (AvgIpc) is 3.37. The maximum atomic E-state index is 14.2. The number of aromatic nitrogens is 1. The molecule has 3 heterocycles. The largest absolute Gasteiger partial charge is 0.457 e. The number of para-hydroxylation sites is 1. The lowest BCUT2D eigenvalue weighted by Gasteiger charge is -2.31. The number of rotatable bonds is 9. The number of amides is 4. The van der Waals surface area contributed by atoms with Gasteiger partial charge in [0.2, 0.25) is 5.91 Å². The molecule has 6 rings (SSSR count). The van der Waals surface area contributed by atoms with Crippen molar-refractivity contribution in [1.82, 2.24) is 25.4 Å². The summed E-state index contributed by atoms with van der Waals surface area (Å²) in [4.78, 5) is 48.4. The van der Waals surface area contributed by atoms with E-state index in [1.807, 2.05) is 103 Å². The van der Waals surface area contributed by atoms with Crippen LogP contribution >= 0.6 is 0 Å². The van der Waals surface area contributed by atoms with Crippen LogP contribution in [0.2, 0.25) is 0 Å². The molecule has 0 spiro atoms. The van der Waals surface area contributed by atoms with Gasteiger partial charge in [0.25, 0.3) is 5.91 Å². The van der Waals surface area contributed by atoms with Crippen molar-refractivity contribution >= 4 is 17.8 Å². The lowest BCUT2D eigenvalue weighted by Crippen LogP contribution is -2.45. The monoisotopic (exact) mass is 573 g/mol. The van der Waals surface area contributed by atoms with Crippen molar-refractivity contribution in [2.24, 2.45) is 0 Å². The second kappa shape index (κ2) is 12.2. The van der Waals surface area contributed by atoms with Gasteiger partial charge in [-0.25, -0.2) is 4.79 Å². The van der Waals surface area contributed by atoms with E-state index in [9.17, 15) is 14.4 Å². The van der Waals surface area contributed by atoms with E-state index in [2.05, 4.69) is 15.6 Å². The standard InChI is InChI=1S/C34H31N5O4/c1-38-28-22-39(31(23-11-4-2-5-12-23)32(40)36-20-18-25-14-8-9-19-35-25)33(41)29(28)30(37-34(38)42)24-13-10-17-27(21-24)43-26-15-6-3-7-16-26/h2-17,19,21,30-31H,18,20,22H2,1H3,(H,36,40)(H,37,42)/t30-,31-/m1/s1. The summed E-state index contributed by atoms with van der Waals surface area (Å²) in [6, 6.07) is 29.7. The van der Waals surface area contributed by atoms with Crippen molar-refractivity contribution in [2.45, 2.75) is 18.5 Å². The minimum atomic E-state index is -0.889. The highest BCUT2D eigenvalue weighted by atomic mass is 16.5. The fourth-order valence-electron chi connectivity index (χ4n) is 5.49. The number of likely N-dealkylation sites (N-methyl/N-ethyl adjacent to an activating group) is 1. The van der Waals surface area contributed by atoms with E-state index in [4.69, 9.17) is 4.74 Å². The highest BCUT2D eigenvalue weighted by Crippen LogP contribution is 2.40. The van der Waals surface area contributed by atoms with Gasteiger partial charge in [0.05, 0.1) is 23.9 Å². The Morgan fingerprint density at radius 3 is 2.42 bits per heavy atom. The maximum Gasteiger partial charge on any atom is 0.322 e. The quantitative estimate of drug-likeness (QED) is 0.300. The summed E-state index contributed by atoms with van der Waals surface area (Å²) in [7, 11) is 1.64. The number of urea groups is 1. The van der Waals surface area contributed by atoms with Crippen LogP contribution in [0.25, 0.3) is 0 Å². The summed E-state index contributed by atoms with van der Waals surface area (Å²) >= 11 is 0. The fraction of sp³-hybridized carbons (Fsp3) is 0.176. The van der Waals surface area contributed by atoms with Crippen LogP contribution in [-0.2, 0) is 16.0 Å². The molecule has 9 heteroatoms. The molecule has 2 aliphatic rings. The zero-order chi connectivity index (χ0) is 29.8. The molecule has 43 heavy (non-hydrogen) atoms. The van der Waals surface area contributed by atoms with Gasteiger partial charge in [-0.05, 0) is 47.5 Å². The summed E-state index contributed by atoms with van der Waals surface area (Å²) in [5, 5.41) is 5.97. The molecule has 0 fully saturated rings. The summed E-state index contributed by atoms with van der Waals surface area (Å²) < 4.78 is 6.02. The molecule has 4 amide bonds. The second-order valence-corrected chi connectivity index (χ2v) is 10.4. The highest BCUT2D eigenvalue weighted by molar-refractivity contribution is 6.03. The van der Waals surface area contributed by atoms with E-state index >= 15 is 0 Å². The second-order valence-electron chi connectivity index (χ2n) is 10.4. The van der Waals surface area contributed by atoms with Gasteiger partial charge < -0.3 is 20.3 Å². The number of pyridine rings is 1. The van der Waals surface area contributed by atoms with E-state index in [0.29, 0.717) is 46.9 Å². The zero-order valence-corrected chi connectivity index (χ0v) is 23.6. The number of hydrogen-bond donors (Lipinski definition) is 2. The topological polar surface area (TPSA) is 104 Å². The van der Waals surface area contributed by atoms with Crippen molar-refractivity contribution < 1.29 is 19.1 Å². The Balaban J connectivity index is 1.28. The first-order chi connectivity index (χ1) is 21.0. The van der Waals surface area contributed by atoms with Crippen LogP contribution in [0.3, 0.4) is 0 Å². The van der Waals surface area contributed by atoms with E-state index < -0.39 is 12.1 Å². The Kier molecular flexibility index (Phi) is 7.86. The Morgan fingerprint density at radius 1 is 0.953 bits per heavy atom. The molecule has 2 N–H and O–H groups in total. The van der Waals surface area contributed by atoms with Gasteiger partial charge in [0, 0.05) is 31.9 Å². The SMILES string of the molecule is CN1C(=O)N[C@H](c2cccc(Oc3ccccc3)c2)C2=C1CN([C@@H](C(=O)NCCc1ccccn1)c1ccccc1)C2=O. The number of benzene rings is 3. The molecule has 0 bridgehead atoms. The lowest BCUT2D eigenvalue weighted by molar-refractivity contribution is -0.136. The van der Waals surface area contributed by atoms with E-state index in [-0.39, 0.29) is 24.4 Å². The van der Waals surface area contributed by atoms with Crippen LogP contribution < -0.4 is 15.4 Å². The normalized spacial score (nSPS) is 16.9. The molecule has 0 saturated heterocycles. The number of carbonyl (C=O) groups is 3. The summed E-state index contributed by atoms with van der Waals surface area (Å²) in [5.41, 5.74) is 3.24. The van der Waals surface area contributed by atoms with Crippen LogP contribution in [0.1, 0.15) is 28.9 Å². The average molecular weight is 574 g/mol. The number of nitrogens with zero attached hydrogens (tertiary/aromatic N) is 3. The van der Waals surface area contributed by atoms with Gasteiger partial charge in [-0.15, -0.1) is 0 Å². The first kappa shape index (κ1) is 27.7. The number of nitrogens with one attached hydrogen (secondary N) is 2. The van der Waals surface area contributed by atoms with Gasteiger partial charge in [-0.1, -0.05) is 66.7 Å².